The van der Waals surface area contributed by atoms with Crippen molar-refractivity contribution >= 4 is 17.5 Å². The van der Waals surface area contributed by atoms with Crippen LogP contribution in [0.15, 0.2) is 24.3 Å². The van der Waals surface area contributed by atoms with Gasteiger partial charge in [-0.25, -0.2) is 0 Å². The first kappa shape index (κ1) is 17.2. The van der Waals surface area contributed by atoms with E-state index >= 15 is 0 Å². The fourth-order valence-electron chi connectivity index (χ4n) is 1.83. The van der Waals surface area contributed by atoms with E-state index in [4.69, 9.17) is 0 Å². The lowest BCUT2D eigenvalue weighted by atomic mass is 10.2. The van der Waals surface area contributed by atoms with Gasteiger partial charge >= 0.3 is 0 Å². The Balaban J connectivity index is 2.38. The minimum atomic E-state index is -0.137. The molecule has 116 valence electrons. The highest BCUT2D eigenvalue weighted by Crippen LogP contribution is 2.11. The van der Waals surface area contributed by atoms with Gasteiger partial charge in [0.25, 0.3) is 0 Å². The molecule has 1 aromatic rings. The summed E-state index contributed by atoms with van der Waals surface area (Å²) in [5.74, 6) is -0.213. The molecular formula is C16H25N3O2. The number of hydrogen-bond acceptors (Lipinski definition) is 3. The molecule has 3 N–H and O–H groups in total. The van der Waals surface area contributed by atoms with E-state index in [-0.39, 0.29) is 24.7 Å². The van der Waals surface area contributed by atoms with Crippen molar-refractivity contribution in [3.63, 3.8) is 0 Å². The summed E-state index contributed by atoms with van der Waals surface area (Å²) in [6.45, 7) is 6.39. The average molecular weight is 291 g/mol. The van der Waals surface area contributed by atoms with Crippen LogP contribution in [-0.2, 0) is 16.1 Å². The third-order valence-corrected chi connectivity index (χ3v) is 2.94. The van der Waals surface area contributed by atoms with Crippen LogP contribution in [0, 0.1) is 0 Å². The summed E-state index contributed by atoms with van der Waals surface area (Å²) >= 11 is 0. The standard InChI is InChI=1S/C16H25N3O2/c1-3-10-18-15(20)8-9-16(21)19-14-7-5-6-13(11-14)12-17-4-2/h5-7,11,17H,3-4,8-10,12H2,1-2H3,(H,18,20)(H,19,21). The van der Waals surface area contributed by atoms with Crippen LogP contribution in [0.2, 0.25) is 0 Å². The van der Waals surface area contributed by atoms with E-state index in [1.54, 1.807) is 0 Å². The molecule has 0 spiro atoms. The summed E-state index contributed by atoms with van der Waals surface area (Å²) < 4.78 is 0. The summed E-state index contributed by atoms with van der Waals surface area (Å²) in [7, 11) is 0. The van der Waals surface area contributed by atoms with Crippen molar-refractivity contribution in [2.45, 2.75) is 39.7 Å². The molecular weight excluding hydrogens is 266 g/mol. The largest absolute Gasteiger partial charge is 0.356 e. The fraction of sp³-hybridized carbons (Fsp3) is 0.500. The van der Waals surface area contributed by atoms with Gasteiger partial charge in [0, 0.05) is 31.6 Å². The molecule has 0 aliphatic rings. The van der Waals surface area contributed by atoms with Crippen LogP contribution in [0.3, 0.4) is 0 Å². The van der Waals surface area contributed by atoms with E-state index in [1.165, 1.54) is 0 Å². The molecule has 21 heavy (non-hydrogen) atoms. The van der Waals surface area contributed by atoms with Crippen LogP contribution in [-0.4, -0.2) is 24.9 Å². The quantitative estimate of drug-likeness (QED) is 0.652. The van der Waals surface area contributed by atoms with Gasteiger partial charge in [0.1, 0.15) is 0 Å². The van der Waals surface area contributed by atoms with Crippen LogP contribution in [0.25, 0.3) is 0 Å². The van der Waals surface area contributed by atoms with Gasteiger partial charge in [0.05, 0.1) is 0 Å². The number of amides is 2. The van der Waals surface area contributed by atoms with Gasteiger partial charge in [-0.1, -0.05) is 26.0 Å². The molecule has 0 bridgehead atoms. The predicted octanol–water partition coefficient (Wildman–Crippen LogP) is 2.04. The molecule has 0 aromatic heterocycles. The summed E-state index contributed by atoms with van der Waals surface area (Å²) in [5, 5.41) is 8.82. The number of nitrogens with one attached hydrogen (secondary N) is 3. The van der Waals surface area contributed by atoms with E-state index < -0.39 is 0 Å². The first-order chi connectivity index (χ1) is 10.2. The Morgan fingerprint density at radius 2 is 1.86 bits per heavy atom. The monoisotopic (exact) mass is 291 g/mol. The molecule has 0 aliphatic heterocycles. The van der Waals surface area contributed by atoms with Crippen LogP contribution in [0.4, 0.5) is 5.69 Å². The lowest BCUT2D eigenvalue weighted by Gasteiger charge is -2.08. The first-order valence-electron chi connectivity index (χ1n) is 7.52. The molecule has 1 aromatic carbocycles. The zero-order chi connectivity index (χ0) is 15.5. The van der Waals surface area contributed by atoms with Crippen LogP contribution >= 0.6 is 0 Å². The summed E-state index contributed by atoms with van der Waals surface area (Å²) in [6.07, 6.45) is 1.33. The Kier molecular flexibility index (Phi) is 8.12. The summed E-state index contributed by atoms with van der Waals surface area (Å²) in [6, 6.07) is 7.72. The lowest BCUT2D eigenvalue weighted by Crippen LogP contribution is -2.25. The second-order valence-corrected chi connectivity index (χ2v) is 4.88. The second-order valence-electron chi connectivity index (χ2n) is 4.88. The summed E-state index contributed by atoms with van der Waals surface area (Å²) in [5.41, 5.74) is 1.89. The lowest BCUT2D eigenvalue weighted by molar-refractivity contribution is -0.124. The second kappa shape index (κ2) is 9.94. The van der Waals surface area contributed by atoms with Crippen LogP contribution < -0.4 is 16.0 Å². The number of anilines is 1. The van der Waals surface area contributed by atoms with Crippen molar-refractivity contribution in [1.82, 2.24) is 10.6 Å². The van der Waals surface area contributed by atoms with Crippen molar-refractivity contribution < 1.29 is 9.59 Å². The Hall–Kier alpha value is -1.88. The van der Waals surface area contributed by atoms with E-state index in [2.05, 4.69) is 22.9 Å². The molecule has 2 amide bonds. The number of carbonyl (C=O) groups excluding carboxylic acids is 2. The number of hydrogen-bond donors (Lipinski definition) is 3. The van der Waals surface area contributed by atoms with Crippen LogP contribution in [0.5, 0.6) is 0 Å². The van der Waals surface area contributed by atoms with Crippen molar-refractivity contribution in [3.05, 3.63) is 29.8 Å². The van der Waals surface area contributed by atoms with E-state index in [9.17, 15) is 9.59 Å². The third kappa shape index (κ3) is 7.46. The topological polar surface area (TPSA) is 70.2 Å². The first-order valence-corrected chi connectivity index (χ1v) is 7.52. The Bertz CT molecular complexity index is 461. The fourth-order valence-corrected chi connectivity index (χ4v) is 1.83. The molecule has 0 unspecified atom stereocenters. The van der Waals surface area contributed by atoms with Gasteiger partial charge in [0.15, 0.2) is 0 Å². The van der Waals surface area contributed by atoms with Gasteiger partial charge in [-0.05, 0) is 30.7 Å². The van der Waals surface area contributed by atoms with Crippen molar-refractivity contribution in [2.24, 2.45) is 0 Å². The summed E-state index contributed by atoms with van der Waals surface area (Å²) in [4.78, 5) is 23.2. The Labute approximate surface area is 126 Å². The van der Waals surface area contributed by atoms with Crippen molar-refractivity contribution in [3.8, 4) is 0 Å². The maximum atomic E-state index is 11.8. The minimum absolute atomic E-state index is 0.0760. The van der Waals surface area contributed by atoms with Crippen LogP contribution in [0.1, 0.15) is 38.7 Å². The molecule has 5 nitrogen and oxygen atoms in total. The molecule has 0 saturated heterocycles. The van der Waals surface area contributed by atoms with Gasteiger partial charge in [-0.2, -0.15) is 0 Å². The highest BCUT2D eigenvalue weighted by atomic mass is 16.2. The normalized spacial score (nSPS) is 10.2. The molecule has 1 rings (SSSR count). The third-order valence-electron chi connectivity index (χ3n) is 2.94. The number of carbonyl (C=O) groups is 2. The minimum Gasteiger partial charge on any atom is -0.356 e. The smallest absolute Gasteiger partial charge is 0.224 e. The average Bonchev–Trinajstić information content (AvgIpc) is 2.49. The highest BCUT2D eigenvalue weighted by Gasteiger charge is 2.07. The van der Waals surface area contributed by atoms with E-state index in [0.717, 1.165) is 30.8 Å². The molecule has 5 heteroatoms. The molecule has 0 aliphatic carbocycles. The van der Waals surface area contributed by atoms with E-state index in [1.807, 2.05) is 31.2 Å². The van der Waals surface area contributed by atoms with Crippen molar-refractivity contribution in [1.29, 1.82) is 0 Å². The maximum absolute atomic E-state index is 11.8. The Morgan fingerprint density at radius 3 is 2.57 bits per heavy atom. The van der Waals surface area contributed by atoms with Gasteiger partial charge < -0.3 is 16.0 Å². The molecule has 0 fully saturated rings. The van der Waals surface area contributed by atoms with Gasteiger partial charge in [-0.15, -0.1) is 0 Å². The zero-order valence-corrected chi connectivity index (χ0v) is 12.9. The predicted molar refractivity (Wildman–Crippen MR) is 85.0 cm³/mol. The molecule has 0 atom stereocenters. The molecule has 0 radical (unpaired) electrons. The maximum Gasteiger partial charge on any atom is 0.224 e. The van der Waals surface area contributed by atoms with Gasteiger partial charge in [0.2, 0.25) is 11.8 Å². The highest BCUT2D eigenvalue weighted by molar-refractivity contribution is 5.93. The SMILES string of the molecule is CCCNC(=O)CCC(=O)Nc1cccc(CNCC)c1. The number of rotatable bonds is 9. The van der Waals surface area contributed by atoms with Crippen molar-refractivity contribution in [2.75, 3.05) is 18.4 Å². The van der Waals surface area contributed by atoms with Gasteiger partial charge in [-0.3, -0.25) is 9.59 Å². The Morgan fingerprint density at radius 1 is 1.10 bits per heavy atom. The number of benzene rings is 1. The molecule has 0 heterocycles. The molecule has 0 saturated carbocycles. The zero-order valence-electron chi connectivity index (χ0n) is 12.9. The van der Waals surface area contributed by atoms with E-state index in [0.29, 0.717) is 6.54 Å².